The van der Waals surface area contributed by atoms with Gasteiger partial charge in [-0.1, -0.05) is 13.8 Å². The van der Waals surface area contributed by atoms with E-state index >= 15 is 0 Å². The van der Waals surface area contributed by atoms with Crippen molar-refractivity contribution in [1.29, 1.82) is 0 Å². The molecular weight excluding hydrogens is 271 g/mol. The Kier molecular flexibility index (Phi) is 3.19. The lowest BCUT2D eigenvalue weighted by Gasteiger charge is -2.73. The average Bonchev–Trinajstić information content (AvgIpc) is 2.19. The van der Waals surface area contributed by atoms with Crippen LogP contribution in [0.15, 0.2) is 0 Å². The first-order valence-corrected chi connectivity index (χ1v) is 8.48. The molecule has 7 unspecified atom stereocenters. The van der Waals surface area contributed by atoms with Crippen LogP contribution in [0.3, 0.4) is 0 Å². The van der Waals surface area contributed by atoms with E-state index in [-0.39, 0.29) is 17.1 Å². The molecule has 4 aliphatic heterocycles. The summed E-state index contributed by atoms with van der Waals surface area (Å²) < 4.78 is 19.3. The Morgan fingerprint density at radius 3 is 2.25 bits per heavy atom. The normalized spacial score (nSPS) is 57.6. The molecule has 0 aromatic heterocycles. The van der Waals surface area contributed by atoms with E-state index in [1.54, 1.807) is 0 Å². The van der Waals surface area contributed by atoms with Crippen LogP contribution in [-0.4, -0.2) is 28.9 Å². The quantitative estimate of drug-likeness (QED) is 0.746. The van der Waals surface area contributed by atoms with Gasteiger partial charge in [0.25, 0.3) is 0 Å². The van der Waals surface area contributed by atoms with E-state index in [0.717, 1.165) is 19.0 Å². The Balaban J connectivity index is 2.08. The van der Waals surface area contributed by atoms with Crippen LogP contribution in [0.1, 0.15) is 54.4 Å². The van der Waals surface area contributed by atoms with Crippen LogP contribution in [-0.2, 0) is 14.2 Å². The van der Waals surface area contributed by atoms with Crippen LogP contribution in [0.4, 0.5) is 0 Å². The SMILES string of the molecule is C[C](C)CC1C2(C)OC3(C)CC(C)(O2)C(CP)C1(C)O3. The zero-order chi connectivity index (χ0) is 15.0. The minimum atomic E-state index is -0.539. The zero-order valence-corrected chi connectivity index (χ0v) is 14.7. The summed E-state index contributed by atoms with van der Waals surface area (Å²) in [6.45, 7) is 13.0. The molecule has 3 nitrogen and oxygen atoms in total. The van der Waals surface area contributed by atoms with Crippen molar-refractivity contribution in [2.45, 2.75) is 77.2 Å². The molecule has 20 heavy (non-hydrogen) atoms. The Morgan fingerprint density at radius 2 is 1.70 bits per heavy atom. The van der Waals surface area contributed by atoms with Gasteiger partial charge in [0, 0.05) is 18.3 Å². The van der Waals surface area contributed by atoms with Crippen molar-refractivity contribution < 1.29 is 14.2 Å². The molecule has 7 atom stereocenters. The number of hydrogen-bond donors (Lipinski definition) is 0. The minimum absolute atomic E-state index is 0.158. The molecule has 4 bridgehead atoms. The molecule has 4 aliphatic rings. The van der Waals surface area contributed by atoms with Crippen LogP contribution in [0.25, 0.3) is 0 Å². The average molecular weight is 299 g/mol. The minimum Gasteiger partial charge on any atom is -0.343 e. The molecule has 0 saturated carbocycles. The molecule has 4 fully saturated rings. The lowest BCUT2D eigenvalue weighted by atomic mass is 9.59. The molecule has 0 spiro atoms. The van der Waals surface area contributed by atoms with Gasteiger partial charge in [0.05, 0.1) is 11.2 Å². The lowest BCUT2D eigenvalue weighted by Crippen LogP contribution is -2.81. The third-order valence-electron chi connectivity index (χ3n) is 5.56. The summed E-state index contributed by atoms with van der Waals surface area (Å²) in [4.78, 5) is 0. The van der Waals surface area contributed by atoms with E-state index in [2.05, 4.69) is 50.8 Å². The molecule has 4 heterocycles. The fourth-order valence-corrected chi connectivity index (χ4v) is 6.24. The van der Waals surface area contributed by atoms with Gasteiger partial charge in [-0.25, -0.2) is 0 Å². The van der Waals surface area contributed by atoms with Crippen molar-refractivity contribution in [3.63, 3.8) is 0 Å². The molecular formula is C16H28O3P. The predicted octanol–water partition coefficient (Wildman–Crippen LogP) is 3.53. The van der Waals surface area contributed by atoms with Gasteiger partial charge >= 0.3 is 0 Å². The molecule has 0 aliphatic carbocycles. The molecule has 4 heteroatoms. The van der Waals surface area contributed by atoms with Gasteiger partial charge in [0.15, 0.2) is 11.6 Å². The Hall–Kier alpha value is 0.310. The molecule has 1 radical (unpaired) electrons. The van der Waals surface area contributed by atoms with Gasteiger partial charge in [-0.05, 0) is 46.2 Å². The second kappa shape index (κ2) is 4.19. The Bertz CT molecular complexity index is 428. The molecule has 4 rings (SSSR count). The van der Waals surface area contributed by atoms with Crippen LogP contribution in [0, 0.1) is 17.8 Å². The maximum absolute atomic E-state index is 6.52. The van der Waals surface area contributed by atoms with Gasteiger partial charge in [0.1, 0.15) is 0 Å². The van der Waals surface area contributed by atoms with Crippen molar-refractivity contribution in [2.24, 2.45) is 11.8 Å². The number of rotatable bonds is 3. The van der Waals surface area contributed by atoms with Crippen molar-refractivity contribution >= 4 is 9.24 Å². The first-order chi connectivity index (χ1) is 9.07. The maximum atomic E-state index is 6.52. The van der Waals surface area contributed by atoms with Gasteiger partial charge in [-0.3, -0.25) is 0 Å². The smallest absolute Gasteiger partial charge is 0.175 e. The van der Waals surface area contributed by atoms with Gasteiger partial charge in [-0.15, -0.1) is 9.24 Å². The third kappa shape index (κ3) is 1.86. The molecule has 0 amide bonds. The highest BCUT2D eigenvalue weighted by Gasteiger charge is 2.74. The fraction of sp³-hybridized carbons (Fsp3) is 0.938. The lowest BCUT2D eigenvalue weighted by molar-refractivity contribution is -0.546. The van der Waals surface area contributed by atoms with E-state index in [0.29, 0.717) is 5.92 Å². The molecule has 4 saturated heterocycles. The monoisotopic (exact) mass is 299 g/mol. The largest absolute Gasteiger partial charge is 0.343 e. The first-order valence-electron chi connectivity index (χ1n) is 7.66. The molecule has 115 valence electrons. The molecule has 0 aromatic carbocycles. The van der Waals surface area contributed by atoms with Crippen molar-refractivity contribution in [1.82, 2.24) is 0 Å². The van der Waals surface area contributed by atoms with E-state index in [9.17, 15) is 0 Å². The van der Waals surface area contributed by atoms with Crippen molar-refractivity contribution in [3.8, 4) is 0 Å². The van der Waals surface area contributed by atoms with Crippen LogP contribution in [0.2, 0.25) is 0 Å². The fourth-order valence-electron chi connectivity index (χ4n) is 5.27. The number of hydrogen-bond acceptors (Lipinski definition) is 3. The standard InChI is InChI=1S/C16H28O3P/c1-10(2)7-11-15(5)12(8-20)13(3)9-14(4,18-15)19-16(11,6)17-13/h11-12H,7-9,20H2,1-6H3. The van der Waals surface area contributed by atoms with E-state index in [1.165, 1.54) is 5.92 Å². The summed E-state index contributed by atoms with van der Waals surface area (Å²) in [6, 6.07) is 0. The van der Waals surface area contributed by atoms with Crippen molar-refractivity contribution in [3.05, 3.63) is 5.92 Å². The highest BCUT2D eigenvalue weighted by atomic mass is 31.0. The maximum Gasteiger partial charge on any atom is 0.175 e. The van der Waals surface area contributed by atoms with Gasteiger partial charge in [0.2, 0.25) is 0 Å². The third-order valence-corrected chi connectivity index (χ3v) is 6.04. The number of ether oxygens (including phenoxy) is 3. The van der Waals surface area contributed by atoms with Crippen LogP contribution >= 0.6 is 9.24 Å². The second-order valence-electron chi connectivity index (χ2n) is 7.88. The summed E-state index contributed by atoms with van der Waals surface area (Å²) in [5.41, 5.74) is -0.347. The predicted molar refractivity (Wildman–Crippen MR) is 82.3 cm³/mol. The first kappa shape index (κ1) is 15.2. The topological polar surface area (TPSA) is 27.7 Å². The van der Waals surface area contributed by atoms with Crippen LogP contribution < -0.4 is 0 Å². The van der Waals surface area contributed by atoms with Crippen molar-refractivity contribution in [2.75, 3.05) is 6.16 Å². The Morgan fingerprint density at radius 1 is 1.05 bits per heavy atom. The van der Waals surface area contributed by atoms with E-state index < -0.39 is 11.6 Å². The van der Waals surface area contributed by atoms with E-state index in [4.69, 9.17) is 14.2 Å². The highest BCUT2D eigenvalue weighted by molar-refractivity contribution is 7.16. The summed E-state index contributed by atoms with van der Waals surface area (Å²) in [5.74, 6) is 0.979. The second-order valence-corrected chi connectivity index (χ2v) is 8.35. The summed E-state index contributed by atoms with van der Waals surface area (Å²) in [5, 5.41) is 0. The van der Waals surface area contributed by atoms with Gasteiger partial charge < -0.3 is 14.2 Å². The Labute approximate surface area is 125 Å². The zero-order valence-electron chi connectivity index (χ0n) is 13.6. The molecule has 0 aromatic rings. The molecule has 0 N–H and O–H groups in total. The summed E-state index contributed by atoms with van der Waals surface area (Å²) >= 11 is 0. The van der Waals surface area contributed by atoms with E-state index in [1.807, 2.05) is 0 Å². The summed E-state index contributed by atoms with van der Waals surface area (Å²) in [7, 11) is 2.89. The summed E-state index contributed by atoms with van der Waals surface area (Å²) in [6.07, 6.45) is 2.80. The van der Waals surface area contributed by atoms with Gasteiger partial charge in [-0.2, -0.15) is 0 Å². The highest BCUT2D eigenvalue weighted by Crippen LogP contribution is 2.65. The van der Waals surface area contributed by atoms with Crippen LogP contribution in [0.5, 0.6) is 0 Å².